The van der Waals surface area contributed by atoms with E-state index in [1.165, 1.54) is 10.9 Å². The maximum atomic E-state index is 11.1. The second-order valence-corrected chi connectivity index (χ2v) is 4.79. The minimum absolute atomic E-state index is 0.00311. The lowest BCUT2D eigenvalue weighted by molar-refractivity contribution is -0.138. The van der Waals surface area contributed by atoms with Crippen LogP contribution in [0, 0.1) is 0 Å². The standard InChI is InChI=1S/C15H13N3O3/c1-9(15(20)21)10-6-7-14(19)13(8-10)18-16-11-4-2-3-5-12(11)17-18/h2-9,19H,1H3,(H,20,21). The molecule has 2 aromatic carbocycles. The number of aliphatic carboxylic acids is 1. The van der Waals surface area contributed by atoms with Crippen molar-refractivity contribution in [2.75, 3.05) is 0 Å². The van der Waals surface area contributed by atoms with Crippen molar-refractivity contribution in [1.29, 1.82) is 0 Å². The predicted molar refractivity (Wildman–Crippen MR) is 76.6 cm³/mol. The Labute approximate surface area is 120 Å². The highest BCUT2D eigenvalue weighted by Crippen LogP contribution is 2.26. The fourth-order valence-electron chi connectivity index (χ4n) is 2.08. The number of hydrogen-bond donors (Lipinski definition) is 2. The molecule has 106 valence electrons. The Morgan fingerprint density at radius 2 is 1.76 bits per heavy atom. The number of carboxylic acids is 1. The van der Waals surface area contributed by atoms with Crippen LogP contribution >= 0.6 is 0 Å². The van der Waals surface area contributed by atoms with Crippen molar-refractivity contribution in [2.24, 2.45) is 0 Å². The molecule has 0 radical (unpaired) electrons. The Hall–Kier alpha value is -2.89. The minimum Gasteiger partial charge on any atom is -0.506 e. The van der Waals surface area contributed by atoms with E-state index in [1.54, 1.807) is 19.1 Å². The minimum atomic E-state index is -0.926. The van der Waals surface area contributed by atoms with E-state index in [0.717, 1.165) is 0 Å². The van der Waals surface area contributed by atoms with Gasteiger partial charge in [-0.1, -0.05) is 18.2 Å². The molecule has 0 saturated carbocycles. The van der Waals surface area contributed by atoms with Crippen molar-refractivity contribution in [1.82, 2.24) is 15.0 Å². The third-order valence-electron chi connectivity index (χ3n) is 3.37. The molecular formula is C15H13N3O3. The summed E-state index contributed by atoms with van der Waals surface area (Å²) in [5.74, 6) is -1.60. The van der Waals surface area contributed by atoms with Gasteiger partial charge in [0.05, 0.1) is 5.92 Å². The van der Waals surface area contributed by atoms with Crippen LogP contribution in [0.5, 0.6) is 5.75 Å². The van der Waals surface area contributed by atoms with Gasteiger partial charge in [-0.2, -0.15) is 0 Å². The Kier molecular flexibility index (Phi) is 3.06. The predicted octanol–water partition coefficient (Wildman–Crippen LogP) is 2.31. The third-order valence-corrected chi connectivity index (χ3v) is 3.37. The van der Waals surface area contributed by atoms with Crippen LogP contribution in [-0.2, 0) is 4.79 Å². The van der Waals surface area contributed by atoms with E-state index in [-0.39, 0.29) is 5.75 Å². The number of carbonyl (C=O) groups is 1. The summed E-state index contributed by atoms with van der Waals surface area (Å²) >= 11 is 0. The summed E-state index contributed by atoms with van der Waals surface area (Å²) in [6.07, 6.45) is 0. The van der Waals surface area contributed by atoms with E-state index in [4.69, 9.17) is 5.11 Å². The number of benzene rings is 2. The van der Waals surface area contributed by atoms with Crippen molar-refractivity contribution in [2.45, 2.75) is 12.8 Å². The van der Waals surface area contributed by atoms with E-state index >= 15 is 0 Å². The SMILES string of the molecule is CC(C(=O)O)c1ccc(O)c(-n2nc3ccccc3n2)c1. The van der Waals surface area contributed by atoms with Crippen LogP contribution in [0.25, 0.3) is 16.7 Å². The van der Waals surface area contributed by atoms with Gasteiger partial charge in [-0.15, -0.1) is 15.0 Å². The van der Waals surface area contributed by atoms with Crippen molar-refractivity contribution in [3.63, 3.8) is 0 Å². The fourth-order valence-corrected chi connectivity index (χ4v) is 2.08. The number of carboxylic acid groups (broad SMARTS) is 1. The highest BCUT2D eigenvalue weighted by molar-refractivity contribution is 5.76. The van der Waals surface area contributed by atoms with Gasteiger partial charge in [-0.05, 0) is 36.8 Å². The maximum absolute atomic E-state index is 11.1. The van der Waals surface area contributed by atoms with Gasteiger partial charge >= 0.3 is 5.97 Å². The van der Waals surface area contributed by atoms with Gasteiger partial charge in [0.1, 0.15) is 22.5 Å². The van der Waals surface area contributed by atoms with Crippen molar-refractivity contribution in [3.05, 3.63) is 48.0 Å². The number of phenolic OH excluding ortho intramolecular Hbond substituents is 1. The first-order valence-corrected chi connectivity index (χ1v) is 6.44. The number of fused-ring (bicyclic) bond motifs is 1. The number of phenols is 1. The first kappa shape index (κ1) is 13.1. The molecule has 1 atom stereocenters. The highest BCUT2D eigenvalue weighted by atomic mass is 16.4. The number of aromatic hydroxyl groups is 1. The quantitative estimate of drug-likeness (QED) is 0.770. The smallest absolute Gasteiger partial charge is 0.310 e. The monoisotopic (exact) mass is 283 g/mol. The zero-order chi connectivity index (χ0) is 15.0. The van der Waals surface area contributed by atoms with E-state index in [1.807, 2.05) is 24.3 Å². The van der Waals surface area contributed by atoms with Crippen molar-refractivity contribution < 1.29 is 15.0 Å². The molecule has 6 heteroatoms. The summed E-state index contributed by atoms with van der Waals surface area (Å²) < 4.78 is 0. The molecule has 6 nitrogen and oxygen atoms in total. The summed E-state index contributed by atoms with van der Waals surface area (Å²) in [4.78, 5) is 12.4. The molecule has 1 heterocycles. The first-order valence-electron chi connectivity index (χ1n) is 6.44. The van der Waals surface area contributed by atoms with Gasteiger partial charge in [-0.25, -0.2) is 0 Å². The van der Waals surface area contributed by atoms with Gasteiger partial charge in [0.15, 0.2) is 0 Å². The van der Waals surface area contributed by atoms with E-state index in [0.29, 0.717) is 22.3 Å². The molecule has 21 heavy (non-hydrogen) atoms. The first-order chi connectivity index (χ1) is 10.1. The molecule has 3 rings (SSSR count). The summed E-state index contributed by atoms with van der Waals surface area (Å²) in [7, 11) is 0. The molecule has 0 aliphatic carbocycles. The molecule has 1 unspecified atom stereocenters. The number of nitrogens with zero attached hydrogens (tertiary/aromatic N) is 3. The highest BCUT2D eigenvalue weighted by Gasteiger charge is 2.17. The van der Waals surface area contributed by atoms with Crippen LogP contribution in [0.1, 0.15) is 18.4 Å². The van der Waals surface area contributed by atoms with Crippen LogP contribution in [0.3, 0.4) is 0 Å². The summed E-state index contributed by atoms with van der Waals surface area (Å²) in [5, 5.41) is 27.6. The summed E-state index contributed by atoms with van der Waals surface area (Å²) in [6, 6.07) is 12.0. The van der Waals surface area contributed by atoms with Crippen LogP contribution < -0.4 is 0 Å². The van der Waals surface area contributed by atoms with Crippen molar-refractivity contribution >= 4 is 17.0 Å². The molecule has 0 aliphatic rings. The Bertz CT molecular complexity index is 793. The molecular weight excluding hydrogens is 270 g/mol. The van der Waals surface area contributed by atoms with Gasteiger partial charge in [0.25, 0.3) is 0 Å². The Morgan fingerprint density at radius 1 is 1.14 bits per heavy atom. The van der Waals surface area contributed by atoms with Gasteiger partial charge < -0.3 is 10.2 Å². The van der Waals surface area contributed by atoms with Crippen LogP contribution in [0.15, 0.2) is 42.5 Å². The fraction of sp³-hybridized carbons (Fsp3) is 0.133. The Morgan fingerprint density at radius 3 is 2.33 bits per heavy atom. The van der Waals surface area contributed by atoms with E-state index < -0.39 is 11.9 Å². The average Bonchev–Trinajstić information content (AvgIpc) is 2.90. The van der Waals surface area contributed by atoms with Gasteiger partial charge in [-0.3, -0.25) is 4.79 Å². The normalized spacial score (nSPS) is 12.4. The molecule has 0 spiro atoms. The second kappa shape index (κ2) is 4.90. The average molecular weight is 283 g/mol. The molecule has 1 aromatic heterocycles. The van der Waals surface area contributed by atoms with E-state index in [9.17, 15) is 9.90 Å². The lowest BCUT2D eigenvalue weighted by Crippen LogP contribution is -2.08. The van der Waals surface area contributed by atoms with Crippen LogP contribution in [0.4, 0.5) is 0 Å². The summed E-state index contributed by atoms with van der Waals surface area (Å²) in [5.41, 5.74) is 2.34. The van der Waals surface area contributed by atoms with Gasteiger partial charge in [0.2, 0.25) is 0 Å². The van der Waals surface area contributed by atoms with Crippen LogP contribution in [-0.4, -0.2) is 31.2 Å². The third kappa shape index (κ3) is 2.31. The second-order valence-electron chi connectivity index (χ2n) is 4.79. The zero-order valence-electron chi connectivity index (χ0n) is 11.3. The maximum Gasteiger partial charge on any atom is 0.310 e. The molecule has 0 fully saturated rings. The molecule has 0 amide bonds. The lowest BCUT2D eigenvalue weighted by atomic mass is 10.0. The van der Waals surface area contributed by atoms with E-state index in [2.05, 4.69) is 10.2 Å². The van der Waals surface area contributed by atoms with Crippen molar-refractivity contribution in [3.8, 4) is 11.4 Å². The molecule has 3 aromatic rings. The molecule has 0 bridgehead atoms. The largest absolute Gasteiger partial charge is 0.506 e. The van der Waals surface area contributed by atoms with Crippen LogP contribution in [0.2, 0.25) is 0 Å². The molecule has 0 saturated heterocycles. The topological polar surface area (TPSA) is 88.2 Å². The Balaban J connectivity index is 2.12. The number of aromatic nitrogens is 3. The number of hydrogen-bond acceptors (Lipinski definition) is 4. The molecule has 2 N–H and O–H groups in total. The number of rotatable bonds is 3. The lowest BCUT2D eigenvalue weighted by Gasteiger charge is -2.09. The van der Waals surface area contributed by atoms with Gasteiger partial charge in [0, 0.05) is 0 Å². The zero-order valence-corrected chi connectivity index (χ0v) is 11.3. The molecule has 0 aliphatic heterocycles. The summed E-state index contributed by atoms with van der Waals surface area (Å²) in [6.45, 7) is 1.59.